The Bertz CT molecular complexity index is 632. The van der Waals surface area contributed by atoms with Gasteiger partial charge in [-0.3, -0.25) is 9.69 Å². The molecule has 112 valence electrons. The number of aromatic hydroxyl groups is 1. The minimum atomic E-state index is -0.344. The third-order valence-electron chi connectivity index (χ3n) is 2.97. The Morgan fingerprint density at radius 2 is 2.05 bits per heavy atom. The molecule has 1 aromatic rings. The predicted molar refractivity (Wildman–Crippen MR) is 89.4 cm³/mol. The maximum absolute atomic E-state index is 12.5. The van der Waals surface area contributed by atoms with E-state index in [2.05, 4.69) is 0 Å². The standard InChI is InChI=1S/C15H17NO3S2/c1-15(2,3)16-13(18)12(21-14(16)20)8-9-5-6-10(17)11(7-9)19-4/h5-8,17H,1-4H3/b12-8+. The van der Waals surface area contributed by atoms with Crippen molar-refractivity contribution in [3.8, 4) is 11.5 Å². The number of carbonyl (C=O) groups excluding carboxylic acids is 1. The third kappa shape index (κ3) is 3.22. The highest BCUT2D eigenvalue weighted by molar-refractivity contribution is 8.26. The van der Waals surface area contributed by atoms with Gasteiger partial charge in [-0.2, -0.15) is 0 Å². The third-order valence-corrected chi connectivity index (χ3v) is 4.27. The summed E-state index contributed by atoms with van der Waals surface area (Å²) < 4.78 is 5.63. The van der Waals surface area contributed by atoms with Crippen LogP contribution in [0.25, 0.3) is 6.08 Å². The summed E-state index contributed by atoms with van der Waals surface area (Å²) in [4.78, 5) is 14.7. The van der Waals surface area contributed by atoms with Crippen LogP contribution in [0.3, 0.4) is 0 Å². The molecular formula is C15H17NO3S2. The fraction of sp³-hybridized carbons (Fsp3) is 0.333. The Labute approximate surface area is 133 Å². The molecule has 0 atom stereocenters. The maximum Gasteiger partial charge on any atom is 0.266 e. The van der Waals surface area contributed by atoms with Crippen molar-refractivity contribution in [2.24, 2.45) is 0 Å². The quantitative estimate of drug-likeness (QED) is 0.668. The first-order valence-electron chi connectivity index (χ1n) is 6.39. The lowest BCUT2D eigenvalue weighted by Gasteiger charge is -2.30. The van der Waals surface area contributed by atoms with Crippen LogP contribution in [-0.2, 0) is 4.79 Å². The zero-order valence-corrected chi connectivity index (χ0v) is 14.0. The summed E-state index contributed by atoms with van der Waals surface area (Å²) in [5.74, 6) is 0.344. The highest BCUT2D eigenvalue weighted by Crippen LogP contribution is 2.37. The lowest BCUT2D eigenvalue weighted by Crippen LogP contribution is -2.44. The van der Waals surface area contributed by atoms with Crippen molar-refractivity contribution in [3.63, 3.8) is 0 Å². The Kier molecular flexibility index (Phi) is 4.30. The molecule has 0 unspecified atom stereocenters. The van der Waals surface area contributed by atoms with E-state index in [9.17, 15) is 9.90 Å². The molecular weight excluding hydrogens is 306 g/mol. The first-order chi connectivity index (χ1) is 9.74. The Hall–Kier alpha value is -1.53. The van der Waals surface area contributed by atoms with Crippen LogP contribution in [-0.4, -0.2) is 32.9 Å². The summed E-state index contributed by atoms with van der Waals surface area (Å²) in [5.41, 5.74) is 0.433. The van der Waals surface area contributed by atoms with Gasteiger partial charge in [0.1, 0.15) is 4.32 Å². The number of nitrogens with zero attached hydrogens (tertiary/aromatic N) is 1. The van der Waals surface area contributed by atoms with Crippen LogP contribution >= 0.6 is 24.0 Å². The van der Waals surface area contributed by atoms with E-state index >= 15 is 0 Å². The predicted octanol–water partition coefficient (Wildman–Crippen LogP) is 3.40. The number of carbonyl (C=O) groups is 1. The number of methoxy groups -OCH3 is 1. The molecule has 1 saturated heterocycles. The second-order valence-corrected chi connectivity index (χ2v) is 7.29. The smallest absolute Gasteiger partial charge is 0.266 e. The van der Waals surface area contributed by atoms with Crippen LogP contribution < -0.4 is 4.74 Å². The maximum atomic E-state index is 12.5. The summed E-state index contributed by atoms with van der Waals surface area (Å²) >= 11 is 6.58. The number of phenols is 1. The van der Waals surface area contributed by atoms with Gasteiger partial charge in [0, 0.05) is 5.54 Å². The van der Waals surface area contributed by atoms with Gasteiger partial charge in [-0.25, -0.2) is 0 Å². The average molecular weight is 323 g/mol. The molecule has 0 spiro atoms. The summed E-state index contributed by atoms with van der Waals surface area (Å²) in [6.07, 6.45) is 1.76. The number of rotatable bonds is 2. The van der Waals surface area contributed by atoms with E-state index in [1.54, 1.807) is 23.1 Å². The molecule has 1 N–H and O–H groups in total. The molecule has 1 aliphatic rings. The van der Waals surface area contributed by atoms with Gasteiger partial charge in [0.25, 0.3) is 5.91 Å². The van der Waals surface area contributed by atoms with Gasteiger partial charge < -0.3 is 9.84 Å². The molecule has 1 fully saturated rings. The molecule has 1 amide bonds. The van der Waals surface area contributed by atoms with Crippen molar-refractivity contribution in [2.75, 3.05) is 7.11 Å². The summed E-state index contributed by atoms with van der Waals surface area (Å²) in [5, 5.41) is 9.59. The zero-order valence-electron chi connectivity index (χ0n) is 12.3. The van der Waals surface area contributed by atoms with Crippen molar-refractivity contribution in [2.45, 2.75) is 26.3 Å². The molecule has 0 saturated carbocycles. The molecule has 21 heavy (non-hydrogen) atoms. The number of hydrogen-bond acceptors (Lipinski definition) is 5. The largest absolute Gasteiger partial charge is 0.504 e. The minimum Gasteiger partial charge on any atom is -0.504 e. The van der Waals surface area contributed by atoms with Crippen molar-refractivity contribution >= 4 is 40.3 Å². The zero-order chi connectivity index (χ0) is 15.8. The lowest BCUT2D eigenvalue weighted by atomic mass is 10.1. The van der Waals surface area contributed by atoms with Crippen LogP contribution in [0.1, 0.15) is 26.3 Å². The van der Waals surface area contributed by atoms with Crippen LogP contribution in [0, 0.1) is 0 Å². The molecule has 1 aliphatic heterocycles. The van der Waals surface area contributed by atoms with Gasteiger partial charge in [0.15, 0.2) is 11.5 Å². The molecule has 2 rings (SSSR count). The fourth-order valence-electron chi connectivity index (χ4n) is 1.98. The molecule has 0 radical (unpaired) electrons. The molecule has 1 heterocycles. The molecule has 0 bridgehead atoms. The minimum absolute atomic E-state index is 0.0666. The molecule has 6 heteroatoms. The van der Waals surface area contributed by atoms with E-state index in [0.717, 1.165) is 5.56 Å². The number of thiocarbonyl (C=S) groups is 1. The average Bonchev–Trinajstić information content (AvgIpc) is 2.66. The van der Waals surface area contributed by atoms with Crippen LogP contribution in [0.15, 0.2) is 23.1 Å². The first-order valence-corrected chi connectivity index (χ1v) is 7.61. The number of phenolic OH excluding ortho intramolecular Hbond substituents is 1. The number of amides is 1. The summed E-state index contributed by atoms with van der Waals surface area (Å²) in [6, 6.07) is 4.94. The van der Waals surface area contributed by atoms with Gasteiger partial charge in [0.2, 0.25) is 0 Å². The van der Waals surface area contributed by atoms with Crippen molar-refractivity contribution in [3.05, 3.63) is 28.7 Å². The molecule has 0 aliphatic carbocycles. The first kappa shape index (κ1) is 15.9. The van der Waals surface area contributed by atoms with Gasteiger partial charge in [-0.1, -0.05) is 30.0 Å². The highest BCUT2D eigenvalue weighted by atomic mass is 32.2. The second-order valence-electron chi connectivity index (χ2n) is 5.62. The van der Waals surface area contributed by atoms with Crippen LogP contribution in [0.4, 0.5) is 0 Å². The molecule has 4 nitrogen and oxygen atoms in total. The Morgan fingerprint density at radius 3 is 2.57 bits per heavy atom. The Morgan fingerprint density at radius 1 is 1.38 bits per heavy atom. The summed E-state index contributed by atoms with van der Waals surface area (Å²) in [6.45, 7) is 5.85. The van der Waals surface area contributed by atoms with E-state index in [4.69, 9.17) is 17.0 Å². The summed E-state index contributed by atoms with van der Waals surface area (Å²) in [7, 11) is 1.48. The Balaban J connectivity index is 2.35. The topological polar surface area (TPSA) is 49.8 Å². The van der Waals surface area contributed by atoms with Crippen molar-refractivity contribution in [1.29, 1.82) is 0 Å². The fourth-order valence-corrected chi connectivity index (χ4v) is 3.62. The SMILES string of the molecule is COc1cc(/C=C2/SC(=S)N(C(C)(C)C)C2=O)ccc1O. The van der Waals surface area contributed by atoms with E-state index in [0.29, 0.717) is 15.0 Å². The van der Waals surface area contributed by atoms with E-state index < -0.39 is 0 Å². The lowest BCUT2D eigenvalue weighted by molar-refractivity contribution is -0.125. The van der Waals surface area contributed by atoms with Crippen molar-refractivity contribution < 1.29 is 14.6 Å². The van der Waals surface area contributed by atoms with Gasteiger partial charge in [-0.15, -0.1) is 0 Å². The van der Waals surface area contributed by atoms with Gasteiger partial charge in [-0.05, 0) is 44.5 Å². The molecule has 1 aromatic carbocycles. The number of ether oxygens (including phenoxy) is 1. The van der Waals surface area contributed by atoms with E-state index in [1.165, 1.54) is 24.9 Å². The van der Waals surface area contributed by atoms with E-state index in [-0.39, 0.29) is 17.2 Å². The number of thioether (sulfide) groups is 1. The normalized spacial score (nSPS) is 17.7. The number of hydrogen-bond donors (Lipinski definition) is 1. The monoisotopic (exact) mass is 323 g/mol. The van der Waals surface area contributed by atoms with Crippen molar-refractivity contribution in [1.82, 2.24) is 4.90 Å². The van der Waals surface area contributed by atoms with Crippen LogP contribution in [0.5, 0.6) is 11.5 Å². The molecule has 0 aromatic heterocycles. The highest BCUT2D eigenvalue weighted by Gasteiger charge is 2.38. The van der Waals surface area contributed by atoms with E-state index in [1.807, 2.05) is 20.8 Å². The van der Waals surface area contributed by atoms with Gasteiger partial charge in [0.05, 0.1) is 12.0 Å². The number of benzene rings is 1. The second kappa shape index (κ2) is 5.69. The van der Waals surface area contributed by atoms with Crippen LogP contribution in [0.2, 0.25) is 0 Å². The van der Waals surface area contributed by atoms with Gasteiger partial charge >= 0.3 is 0 Å².